The van der Waals surface area contributed by atoms with Crippen LogP contribution in [0.1, 0.15) is 33.1 Å². The highest BCUT2D eigenvalue weighted by Gasteiger charge is 2.23. The minimum atomic E-state index is -1.14. The fourth-order valence-electron chi connectivity index (χ4n) is 1.29. The lowest BCUT2D eigenvalue weighted by atomic mass is 9.95. The SMILES string of the molecule is C=C(CC(CCC(=O)O)C(=O)O)C(=O)OC(C)C. The van der Waals surface area contributed by atoms with Gasteiger partial charge in [0, 0.05) is 12.0 Å². The summed E-state index contributed by atoms with van der Waals surface area (Å²) in [4.78, 5) is 32.7. The average molecular weight is 258 g/mol. The topological polar surface area (TPSA) is 101 Å². The lowest BCUT2D eigenvalue weighted by Crippen LogP contribution is -2.20. The third-order valence-electron chi connectivity index (χ3n) is 2.18. The van der Waals surface area contributed by atoms with E-state index in [1.807, 2.05) is 0 Å². The van der Waals surface area contributed by atoms with Crippen LogP contribution in [-0.2, 0) is 19.1 Å². The van der Waals surface area contributed by atoms with Crippen molar-refractivity contribution in [3.63, 3.8) is 0 Å². The van der Waals surface area contributed by atoms with Crippen LogP contribution in [0.25, 0.3) is 0 Å². The zero-order valence-corrected chi connectivity index (χ0v) is 10.5. The maximum Gasteiger partial charge on any atom is 0.333 e. The van der Waals surface area contributed by atoms with Crippen molar-refractivity contribution in [2.45, 2.75) is 39.2 Å². The van der Waals surface area contributed by atoms with Gasteiger partial charge in [-0.05, 0) is 26.7 Å². The number of rotatable bonds is 8. The summed E-state index contributed by atoms with van der Waals surface area (Å²) < 4.78 is 4.87. The van der Waals surface area contributed by atoms with E-state index in [0.29, 0.717) is 0 Å². The third-order valence-corrected chi connectivity index (χ3v) is 2.18. The molecule has 6 heteroatoms. The summed E-state index contributed by atoms with van der Waals surface area (Å²) >= 11 is 0. The quantitative estimate of drug-likeness (QED) is 0.504. The van der Waals surface area contributed by atoms with Crippen molar-refractivity contribution in [3.8, 4) is 0 Å². The summed E-state index contributed by atoms with van der Waals surface area (Å²) in [5.41, 5.74) is 0.0430. The predicted octanol–water partition coefficient (Wildman–Crippen LogP) is 1.45. The van der Waals surface area contributed by atoms with E-state index in [-0.39, 0.29) is 30.9 Å². The normalized spacial score (nSPS) is 11.9. The smallest absolute Gasteiger partial charge is 0.333 e. The van der Waals surface area contributed by atoms with E-state index in [9.17, 15) is 14.4 Å². The van der Waals surface area contributed by atoms with Crippen LogP contribution in [0.2, 0.25) is 0 Å². The van der Waals surface area contributed by atoms with E-state index in [2.05, 4.69) is 6.58 Å². The Kier molecular flexibility index (Phi) is 6.70. The number of esters is 1. The molecule has 0 aliphatic rings. The molecule has 0 saturated carbocycles. The predicted molar refractivity (Wildman–Crippen MR) is 63.0 cm³/mol. The van der Waals surface area contributed by atoms with Gasteiger partial charge in [-0.3, -0.25) is 9.59 Å². The van der Waals surface area contributed by atoms with E-state index in [1.54, 1.807) is 13.8 Å². The van der Waals surface area contributed by atoms with Crippen LogP contribution in [0, 0.1) is 5.92 Å². The second-order valence-electron chi connectivity index (χ2n) is 4.23. The minimum absolute atomic E-state index is 0.0430. The van der Waals surface area contributed by atoms with Crippen LogP contribution in [0.5, 0.6) is 0 Å². The lowest BCUT2D eigenvalue weighted by molar-refractivity contribution is -0.144. The van der Waals surface area contributed by atoms with Crippen molar-refractivity contribution >= 4 is 17.9 Å². The van der Waals surface area contributed by atoms with Gasteiger partial charge in [0.2, 0.25) is 0 Å². The maximum atomic E-state index is 11.4. The van der Waals surface area contributed by atoms with Crippen LogP contribution >= 0.6 is 0 Å². The van der Waals surface area contributed by atoms with Gasteiger partial charge >= 0.3 is 17.9 Å². The number of carboxylic acid groups (broad SMARTS) is 2. The van der Waals surface area contributed by atoms with Crippen LogP contribution in [0.4, 0.5) is 0 Å². The molecule has 1 atom stereocenters. The van der Waals surface area contributed by atoms with Crippen molar-refractivity contribution in [2.75, 3.05) is 0 Å². The number of carbonyl (C=O) groups is 3. The van der Waals surface area contributed by atoms with Crippen LogP contribution in [-0.4, -0.2) is 34.2 Å². The fourth-order valence-corrected chi connectivity index (χ4v) is 1.29. The van der Waals surface area contributed by atoms with E-state index in [0.717, 1.165) is 0 Å². The van der Waals surface area contributed by atoms with E-state index in [1.165, 1.54) is 0 Å². The van der Waals surface area contributed by atoms with E-state index in [4.69, 9.17) is 14.9 Å². The van der Waals surface area contributed by atoms with Crippen molar-refractivity contribution < 1.29 is 29.3 Å². The zero-order chi connectivity index (χ0) is 14.3. The lowest BCUT2D eigenvalue weighted by Gasteiger charge is -2.14. The molecule has 0 aromatic rings. The molecule has 0 aromatic carbocycles. The van der Waals surface area contributed by atoms with Crippen molar-refractivity contribution in [1.82, 2.24) is 0 Å². The Balaban J connectivity index is 4.40. The summed E-state index contributed by atoms with van der Waals surface area (Å²) in [6.45, 7) is 6.81. The molecule has 0 fully saturated rings. The van der Waals surface area contributed by atoms with Gasteiger partial charge in [-0.25, -0.2) is 4.79 Å². The van der Waals surface area contributed by atoms with Crippen LogP contribution in [0.3, 0.4) is 0 Å². The molecule has 0 aliphatic carbocycles. The number of ether oxygens (including phenoxy) is 1. The molecule has 0 saturated heterocycles. The molecule has 0 radical (unpaired) electrons. The first-order valence-corrected chi connectivity index (χ1v) is 5.57. The molecule has 0 aromatic heterocycles. The highest BCUT2D eigenvalue weighted by atomic mass is 16.5. The second kappa shape index (κ2) is 7.47. The minimum Gasteiger partial charge on any atom is -0.481 e. The fraction of sp³-hybridized carbons (Fsp3) is 0.583. The number of hydrogen-bond acceptors (Lipinski definition) is 4. The molecule has 0 heterocycles. The highest BCUT2D eigenvalue weighted by molar-refractivity contribution is 5.88. The standard InChI is InChI=1S/C12H18O6/c1-7(2)18-12(17)8(3)6-9(11(15)16)4-5-10(13)14/h7,9H,3-6H2,1-2H3,(H,13,14)(H,15,16). The first-order valence-electron chi connectivity index (χ1n) is 5.57. The summed E-state index contributed by atoms with van der Waals surface area (Å²) in [7, 11) is 0. The van der Waals surface area contributed by atoms with Crippen molar-refractivity contribution in [1.29, 1.82) is 0 Å². The van der Waals surface area contributed by atoms with Gasteiger partial charge in [0.1, 0.15) is 0 Å². The van der Waals surface area contributed by atoms with E-state index >= 15 is 0 Å². The molecule has 0 rings (SSSR count). The van der Waals surface area contributed by atoms with Gasteiger partial charge in [0.15, 0.2) is 0 Å². The number of carboxylic acids is 2. The first-order chi connectivity index (χ1) is 8.23. The maximum absolute atomic E-state index is 11.4. The molecular weight excluding hydrogens is 240 g/mol. The van der Waals surface area contributed by atoms with Gasteiger partial charge in [0.05, 0.1) is 12.0 Å². The van der Waals surface area contributed by atoms with Crippen molar-refractivity contribution in [2.24, 2.45) is 5.92 Å². The average Bonchev–Trinajstić information content (AvgIpc) is 2.21. The molecule has 0 spiro atoms. The van der Waals surface area contributed by atoms with Gasteiger partial charge < -0.3 is 14.9 Å². The summed E-state index contributed by atoms with van der Waals surface area (Å²) in [5, 5.41) is 17.4. The molecule has 1 unspecified atom stereocenters. The molecule has 102 valence electrons. The Bertz CT molecular complexity index is 344. The zero-order valence-electron chi connectivity index (χ0n) is 10.5. The summed E-state index contributed by atoms with van der Waals surface area (Å²) in [6.07, 6.45) is -0.715. The molecular formula is C12H18O6. The first kappa shape index (κ1) is 16.1. The Labute approximate surface area is 105 Å². The van der Waals surface area contributed by atoms with Gasteiger partial charge in [-0.15, -0.1) is 0 Å². The van der Waals surface area contributed by atoms with Crippen molar-refractivity contribution in [3.05, 3.63) is 12.2 Å². The molecule has 2 N–H and O–H groups in total. The number of carbonyl (C=O) groups excluding carboxylic acids is 1. The molecule has 0 bridgehead atoms. The number of aliphatic carboxylic acids is 2. The second-order valence-corrected chi connectivity index (χ2v) is 4.23. The highest BCUT2D eigenvalue weighted by Crippen LogP contribution is 2.18. The molecule has 6 nitrogen and oxygen atoms in total. The monoisotopic (exact) mass is 258 g/mol. The van der Waals surface area contributed by atoms with Gasteiger partial charge in [-0.1, -0.05) is 6.58 Å². The van der Waals surface area contributed by atoms with Gasteiger partial charge in [0.25, 0.3) is 0 Å². The Morgan fingerprint density at radius 2 is 1.78 bits per heavy atom. The Morgan fingerprint density at radius 1 is 1.22 bits per heavy atom. The van der Waals surface area contributed by atoms with Crippen LogP contribution in [0.15, 0.2) is 12.2 Å². The van der Waals surface area contributed by atoms with Crippen LogP contribution < -0.4 is 0 Å². The largest absolute Gasteiger partial charge is 0.481 e. The third kappa shape index (κ3) is 6.67. The summed E-state index contributed by atoms with van der Waals surface area (Å²) in [6, 6.07) is 0. The summed E-state index contributed by atoms with van der Waals surface area (Å²) in [5.74, 6) is -3.80. The molecule has 0 amide bonds. The molecule has 0 aliphatic heterocycles. The van der Waals surface area contributed by atoms with E-state index < -0.39 is 23.8 Å². The molecule has 18 heavy (non-hydrogen) atoms. The van der Waals surface area contributed by atoms with Gasteiger partial charge in [-0.2, -0.15) is 0 Å². The Hall–Kier alpha value is -1.85. The Morgan fingerprint density at radius 3 is 2.17 bits per heavy atom. The number of hydrogen-bond donors (Lipinski definition) is 2.